The fourth-order valence-electron chi connectivity index (χ4n) is 1.71. The number of sulfonamides is 1. The second kappa shape index (κ2) is 4.89. The molecule has 1 aromatic rings. The maximum absolute atomic E-state index is 12.1. The van der Waals surface area contributed by atoms with Gasteiger partial charge in [-0.2, -0.15) is 0 Å². The van der Waals surface area contributed by atoms with E-state index in [1.54, 1.807) is 0 Å². The van der Waals surface area contributed by atoms with E-state index in [2.05, 4.69) is 9.71 Å². The smallest absolute Gasteiger partial charge is 0.243 e. The third kappa shape index (κ3) is 2.77. The summed E-state index contributed by atoms with van der Waals surface area (Å²) in [5.74, 6) is 0. The summed E-state index contributed by atoms with van der Waals surface area (Å²) in [5.41, 5.74) is 0. The van der Waals surface area contributed by atoms with Crippen molar-refractivity contribution in [1.82, 2.24) is 9.71 Å². The van der Waals surface area contributed by atoms with Crippen LogP contribution >= 0.6 is 11.6 Å². The highest BCUT2D eigenvalue weighted by Crippen LogP contribution is 2.21. The van der Waals surface area contributed by atoms with E-state index >= 15 is 0 Å². The first kappa shape index (κ1) is 12.8. The molecule has 1 N–H and O–H groups in total. The summed E-state index contributed by atoms with van der Waals surface area (Å²) < 4.78 is 32.0. The predicted octanol–water partition coefficient (Wildman–Crippen LogP) is 1.19. The number of nitrogens with one attached hydrogen (secondary N) is 1. The van der Waals surface area contributed by atoms with E-state index in [4.69, 9.17) is 16.3 Å². The summed E-state index contributed by atoms with van der Waals surface area (Å²) in [6.45, 7) is 2.40. The highest BCUT2D eigenvalue weighted by molar-refractivity contribution is 7.89. The van der Waals surface area contributed by atoms with Crippen LogP contribution < -0.4 is 4.72 Å². The molecule has 2 atom stereocenters. The lowest BCUT2D eigenvalue weighted by atomic mass is 10.2. The molecule has 17 heavy (non-hydrogen) atoms. The van der Waals surface area contributed by atoms with E-state index < -0.39 is 10.0 Å². The lowest BCUT2D eigenvalue weighted by Crippen LogP contribution is -2.39. The normalized spacial score (nSPS) is 25.1. The maximum Gasteiger partial charge on any atom is 0.243 e. The Morgan fingerprint density at radius 1 is 1.59 bits per heavy atom. The van der Waals surface area contributed by atoms with E-state index in [0.29, 0.717) is 13.0 Å². The molecule has 2 heterocycles. The van der Waals surface area contributed by atoms with Gasteiger partial charge in [-0.1, -0.05) is 11.6 Å². The molecule has 0 amide bonds. The number of hydrogen-bond donors (Lipinski definition) is 1. The number of nitrogens with zero attached hydrogens (tertiary/aromatic N) is 1. The van der Waals surface area contributed by atoms with Crippen molar-refractivity contribution in [2.75, 3.05) is 6.61 Å². The summed E-state index contributed by atoms with van der Waals surface area (Å²) in [6.07, 6.45) is 3.23. The fraction of sp³-hybridized carbons (Fsp3) is 0.500. The van der Waals surface area contributed by atoms with Gasteiger partial charge in [-0.15, -0.1) is 0 Å². The molecule has 5 nitrogen and oxygen atoms in total. The van der Waals surface area contributed by atoms with Crippen LogP contribution in [0.2, 0.25) is 5.02 Å². The average molecular weight is 277 g/mol. The Bertz CT molecular complexity index is 506. The van der Waals surface area contributed by atoms with Gasteiger partial charge in [-0.05, 0) is 19.4 Å². The molecule has 2 rings (SSSR count). The van der Waals surface area contributed by atoms with Crippen LogP contribution in [0.3, 0.4) is 0 Å². The summed E-state index contributed by atoms with van der Waals surface area (Å²) in [7, 11) is -3.63. The molecule has 94 valence electrons. The minimum absolute atomic E-state index is 0.000710. The van der Waals surface area contributed by atoms with E-state index in [1.807, 2.05) is 6.92 Å². The molecular weight excluding hydrogens is 264 g/mol. The Morgan fingerprint density at radius 2 is 2.35 bits per heavy atom. The summed E-state index contributed by atoms with van der Waals surface area (Å²) in [6, 6.07) is 1.24. The van der Waals surface area contributed by atoms with Crippen LogP contribution in [-0.2, 0) is 14.8 Å². The molecule has 2 unspecified atom stereocenters. The molecule has 1 saturated heterocycles. The van der Waals surface area contributed by atoms with Gasteiger partial charge in [0.05, 0.1) is 17.2 Å². The van der Waals surface area contributed by atoms with Crippen molar-refractivity contribution in [1.29, 1.82) is 0 Å². The molecule has 1 aliphatic rings. The topological polar surface area (TPSA) is 68.3 Å². The molecule has 0 aromatic carbocycles. The molecule has 1 aliphatic heterocycles. The van der Waals surface area contributed by atoms with Gasteiger partial charge in [0, 0.05) is 19.0 Å². The zero-order valence-corrected chi connectivity index (χ0v) is 10.8. The van der Waals surface area contributed by atoms with Gasteiger partial charge in [-0.25, -0.2) is 13.1 Å². The molecule has 0 radical (unpaired) electrons. The van der Waals surface area contributed by atoms with Crippen molar-refractivity contribution in [2.45, 2.75) is 30.4 Å². The Kier molecular flexibility index (Phi) is 3.67. The number of ether oxygens (including phenoxy) is 1. The first-order chi connectivity index (χ1) is 8.00. The van der Waals surface area contributed by atoms with Crippen LogP contribution in [-0.4, -0.2) is 32.2 Å². The SMILES string of the molecule is CC1OCCC1NS(=O)(=O)c1cnccc1Cl. The first-order valence-corrected chi connectivity index (χ1v) is 7.10. The van der Waals surface area contributed by atoms with Crippen molar-refractivity contribution < 1.29 is 13.2 Å². The molecular formula is C10H13ClN2O3S. The van der Waals surface area contributed by atoms with Crippen LogP contribution in [0.15, 0.2) is 23.4 Å². The molecule has 1 fully saturated rings. The minimum Gasteiger partial charge on any atom is -0.377 e. The van der Waals surface area contributed by atoms with E-state index in [-0.39, 0.29) is 22.1 Å². The van der Waals surface area contributed by atoms with Crippen molar-refractivity contribution in [3.05, 3.63) is 23.5 Å². The Balaban J connectivity index is 2.22. The van der Waals surface area contributed by atoms with Gasteiger partial charge in [0.15, 0.2) is 0 Å². The number of hydrogen-bond acceptors (Lipinski definition) is 4. The molecule has 0 saturated carbocycles. The van der Waals surface area contributed by atoms with Gasteiger partial charge in [0.2, 0.25) is 10.0 Å². The third-order valence-corrected chi connectivity index (χ3v) is 4.67. The molecule has 1 aromatic heterocycles. The number of halogens is 1. The van der Waals surface area contributed by atoms with Crippen LogP contribution in [0.4, 0.5) is 0 Å². The lowest BCUT2D eigenvalue weighted by molar-refractivity contribution is 0.117. The standard InChI is InChI=1S/C10H13ClN2O3S/c1-7-9(3-5-16-7)13-17(14,15)10-6-12-4-2-8(10)11/h2,4,6-7,9,13H,3,5H2,1H3. The van der Waals surface area contributed by atoms with Gasteiger partial charge in [0.1, 0.15) is 4.90 Å². The highest BCUT2D eigenvalue weighted by atomic mass is 35.5. The molecule has 0 spiro atoms. The average Bonchev–Trinajstić information content (AvgIpc) is 2.64. The minimum atomic E-state index is -3.63. The molecule has 0 bridgehead atoms. The second-order valence-electron chi connectivity index (χ2n) is 3.90. The Hall–Kier alpha value is -0.690. The molecule has 0 aliphatic carbocycles. The lowest BCUT2D eigenvalue weighted by Gasteiger charge is -2.16. The van der Waals surface area contributed by atoms with E-state index in [9.17, 15) is 8.42 Å². The van der Waals surface area contributed by atoms with Gasteiger partial charge < -0.3 is 4.74 Å². The Labute approximate surface area is 105 Å². The van der Waals surface area contributed by atoms with Gasteiger partial charge >= 0.3 is 0 Å². The van der Waals surface area contributed by atoms with Gasteiger partial charge in [0.25, 0.3) is 0 Å². The zero-order chi connectivity index (χ0) is 12.5. The van der Waals surface area contributed by atoms with Crippen molar-refractivity contribution in [2.24, 2.45) is 0 Å². The monoisotopic (exact) mass is 276 g/mol. The van der Waals surface area contributed by atoms with Crippen LogP contribution in [0.1, 0.15) is 13.3 Å². The van der Waals surface area contributed by atoms with Crippen molar-refractivity contribution in [3.8, 4) is 0 Å². The predicted molar refractivity (Wildman–Crippen MR) is 63.4 cm³/mol. The highest BCUT2D eigenvalue weighted by Gasteiger charge is 2.30. The zero-order valence-electron chi connectivity index (χ0n) is 9.26. The van der Waals surface area contributed by atoms with E-state index in [0.717, 1.165) is 0 Å². The number of rotatable bonds is 3. The fourth-order valence-corrected chi connectivity index (χ4v) is 3.48. The quantitative estimate of drug-likeness (QED) is 0.900. The van der Waals surface area contributed by atoms with Crippen molar-refractivity contribution in [3.63, 3.8) is 0 Å². The van der Waals surface area contributed by atoms with Crippen LogP contribution in [0.25, 0.3) is 0 Å². The summed E-state index contributed by atoms with van der Waals surface area (Å²) >= 11 is 5.84. The summed E-state index contributed by atoms with van der Waals surface area (Å²) in [4.78, 5) is 3.77. The largest absolute Gasteiger partial charge is 0.377 e. The first-order valence-electron chi connectivity index (χ1n) is 5.24. The second-order valence-corrected chi connectivity index (χ2v) is 5.99. The van der Waals surface area contributed by atoms with Gasteiger partial charge in [-0.3, -0.25) is 4.98 Å². The third-order valence-electron chi connectivity index (χ3n) is 2.71. The van der Waals surface area contributed by atoms with Crippen molar-refractivity contribution >= 4 is 21.6 Å². The summed E-state index contributed by atoms with van der Waals surface area (Å²) in [5, 5.41) is 0.166. The Morgan fingerprint density at radius 3 is 2.94 bits per heavy atom. The van der Waals surface area contributed by atoms with Crippen LogP contribution in [0.5, 0.6) is 0 Å². The number of pyridine rings is 1. The molecule has 7 heteroatoms. The maximum atomic E-state index is 12.1. The number of aromatic nitrogens is 1. The van der Waals surface area contributed by atoms with Crippen LogP contribution in [0, 0.1) is 0 Å². The van der Waals surface area contributed by atoms with E-state index in [1.165, 1.54) is 18.5 Å².